The van der Waals surface area contributed by atoms with E-state index in [1.54, 1.807) is 38.7 Å². The van der Waals surface area contributed by atoms with Crippen molar-refractivity contribution in [3.8, 4) is 0 Å². The van der Waals surface area contributed by atoms with Crippen molar-refractivity contribution < 1.29 is 19.1 Å². The minimum atomic E-state index is -0.442. The summed E-state index contributed by atoms with van der Waals surface area (Å²) in [5.74, 6) is -1.01. The molecule has 1 aromatic heterocycles. The van der Waals surface area contributed by atoms with Crippen LogP contribution in [0.25, 0.3) is 0 Å². The lowest BCUT2D eigenvalue weighted by molar-refractivity contribution is -0.126. The van der Waals surface area contributed by atoms with Crippen molar-refractivity contribution in [2.24, 2.45) is 5.92 Å². The van der Waals surface area contributed by atoms with Gasteiger partial charge in [-0.3, -0.25) is 9.59 Å². The third-order valence-corrected chi connectivity index (χ3v) is 5.87. The van der Waals surface area contributed by atoms with Crippen LogP contribution in [0.5, 0.6) is 0 Å². The Morgan fingerprint density at radius 2 is 2.03 bits per heavy atom. The van der Waals surface area contributed by atoms with E-state index in [-0.39, 0.29) is 23.8 Å². The van der Waals surface area contributed by atoms with Gasteiger partial charge in [0, 0.05) is 30.4 Å². The highest BCUT2D eigenvalue weighted by atomic mass is 35.5. The number of H-pyrrole nitrogens is 1. The molecule has 1 aromatic carbocycles. The molecule has 1 fully saturated rings. The molecule has 3 rings (SSSR count). The number of benzene rings is 1. The summed E-state index contributed by atoms with van der Waals surface area (Å²) in [5, 5.41) is 3.57. The Balaban J connectivity index is 1.66. The number of rotatable bonds is 6. The van der Waals surface area contributed by atoms with Gasteiger partial charge in [0.15, 0.2) is 0 Å². The fourth-order valence-electron chi connectivity index (χ4n) is 4.06. The maximum Gasteiger partial charge on any atom is 0.340 e. The molecule has 1 atom stereocenters. The minimum Gasteiger partial charge on any atom is -0.459 e. The van der Waals surface area contributed by atoms with E-state index >= 15 is 0 Å². The molecule has 0 aliphatic carbocycles. The van der Waals surface area contributed by atoms with Crippen molar-refractivity contribution >= 4 is 29.4 Å². The second-order valence-electron chi connectivity index (χ2n) is 8.52. The number of amides is 2. The number of piperidine rings is 1. The molecule has 32 heavy (non-hydrogen) atoms. The fourth-order valence-corrected chi connectivity index (χ4v) is 4.27. The Bertz CT molecular complexity index is 1010. The van der Waals surface area contributed by atoms with Crippen LogP contribution in [0, 0.1) is 19.8 Å². The molecule has 2 amide bonds. The summed E-state index contributed by atoms with van der Waals surface area (Å²) in [7, 11) is 0. The average Bonchev–Trinajstić information content (AvgIpc) is 3.05. The van der Waals surface area contributed by atoms with Gasteiger partial charge in [0.05, 0.1) is 17.6 Å². The van der Waals surface area contributed by atoms with Crippen LogP contribution in [-0.4, -0.2) is 46.9 Å². The number of likely N-dealkylation sites (tertiary alicyclic amines) is 1. The predicted octanol–water partition coefficient (Wildman–Crippen LogP) is 4.02. The molecule has 0 spiro atoms. The second-order valence-corrected chi connectivity index (χ2v) is 8.95. The molecule has 1 aliphatic heterocycles. The van der Waals surface area contributed by atoms with Gasteiger partial charge in [0.25, 0.3) is 5.91 Å². The van der Waals surface area contributed by atoms with Gasteiger partial charge >= 0.3 is 5.97 Å². The van der Waals surface area contributed by atoms with Crippen molar-refractivity contribution in [3.63, 3.8) is 0 Å². The van der Waals surface area contributed by atoms with Gasteiger partial charge < -0.3 is 19.9 Å². The predicted molar refractivity (Wildman–Crippen MR) is 123 cm³/mol. The van der Waals surface area contributed by atoms with Crippen LogP contribution in [0.2, 0.25) is 5.02 Å². The maximum atomic E-state index is 13.2. The van der Waals surface area contributed by atoms with Gasteiger partial charge in [-0.1, -0.05) is 23.7 Å². The van der Waals surface area contributed by atoms with E-state index in [1.807, 2.05) is 18.2 Å². The highest BCUT2D eigenvalue weighted by molar-refractivity contribution is 6.30. The van der Waals surface area contributed by atoms with Crippen molar-refractivity contribution in [1.82, 2.24) is 15.2 Å². The van der Waals surface area contributed by atoms with E-state index in [1.165, 1.54) is 0 Å². The van der Waals surface area contributed by atoms with Crippen LogP contribution in [0.15, 0.2) is 24.3 Å². The Morgan fingerprint density at radius 1 is 1.28 bits per heavy atom. The lowest BCUT2D eigenvalue weighted by Crippen LogP contribution is -2.45. The summed E-state index contributed by atoms with van der Waals surface area (Å²) < 4.78 is 5.31. The lowest BCUT2D eigenvalue weighted by Gasteiger charge is -2.32. The Hall–Kier alpha value is -2.80. The summed E-state index contributed by atoms with van der Waals surface area (Å²) in [5.41, 5.74) is 2.87. The molecule has 2 N–H and O–H groups in total. The van der Waals surface area contributed by atoms with Gasteiger partial charge in [0.2, 0.25) is 5.91 Å². The van der Waals surface area contributed by atoms with E-state index in [4.69, 9.17) is 16.3 Å². The number of hydrogen-bond donors (Lipinski definition) is 2. The first-order valence-electron chi connectivity index (χ1n) is 10.9. The van der Waals surface area contributed by atoms with Gasteiger partial charge in [-0.2, -0.15) is 0 Å². The van der Waals surface area contributed by atoms with E-state index in [0.29, 0.717) is 47.2 Å². The largest absolute Gasteiger partial charge is 0.459 e. The maximum absolute atomic E-state index is 13.2. The van der Waals surface area contributed by atoms with Gasteiger partial charge in [-0.05, 0) is 63.8 Å². The van der Waals surface area contributed by atoms with Crippen LogP contribution in [0.1, 0.15) is 64.4 Å². The van der Waals surface area contributed by atoms with E-state index in [0.717, 1.165) is 18.4 Å². The zero-order valence-electron chi connectivity index (χ0n) is 19.0. The third kappa shape index (κ3) is 5.51. The van der Waals surface area contributed by atoms with Crippen LogP contribution in [0.3, 0.4) is 0 Å². The summed E-state index contributed by atoms with van der Waals surface area (Å²) in [6.45, 7) is 8.36. The molecule has 0 unspecified atom stereocenters. The van der Waals surface area contributed by atoms with E-state index < -0.39 is 5.97 Å². The molecule has 7 nitrogen and oxygen atoms in total. The van der Waals surface area contributed by atoms with Gasteiger partial charge in [-0.25, -0.2) is 4.79 Å². The Labute approximate surface area is 193 Å². The number of ether oxygens (including phenoxy) is 1. The average molecular weight is 460 g/mol. The molecule has 172 valence electrons. The summed E-state index contributed by atoms with van der Waals surface area (Å²) in [4.78, 5) is 43.1. The first-order chi connectivity index (χ1) is 15.2. The topological polar surface area (TPSA) is 91.5 Å². The molecule has 2 aromatic rings. The number of carbonyl (C=O) groups is 3. The molecule has 1 aliphatic rings. The van der Waals surface area contributed by atoms with E-state index in [9.17, 15) is 14.4 Å². The molecule has 0 radical (unpaired) electrons. The fraction of sp³-hybridized carbons (Fsp3) is 0.458. The molecule has 1 saturated heterocycles. The number of nitrogens with one attached hydrogen (secondary N) is 2. The van der Waals surface area contributed by atoms with Crippen molar-refractivity contribution in [2.45, 2.75) is 53.2 Å². The smallest absolute Gasteiger partial charge is 0.340 e. The molecule has 0 bridgehead atoms. The van der Waals surface area contributed by atoms with Crippen LogP contribution < -0.4 is 5.32 Å². The van der Waals surface area contributed by atoms with E-state index in [2.05, 4.69) is 10.3 Å². The minimum absolute atomic E-state index is 0.0805. The molecular formula is C24H30ClN3O4. The van der Waals surface area contributed by atoms with Gasteiger partial charge in [0.1, 0.15) is 5.69 Å². The van der Waals surface area contributed by atoms with Crippen LogP contribution >= 0.6 is 11.6 Å². The standard InChI is InChI=1S/C24H30ClN3O4/c1-14(2)32-24(31)20-15(3)21(27-16(20)4)23(30)28-10-6-8-18(13-28)22(29)26-12-17-7-5-9-19(25)11-17/h5,7,9,11,14,18,27H,6,8,10,12-13H2,1-4H3,(H,26,29)/t18-/m0/s1. The van der Waals surface area contributed by atoms with Crippen molar-refractivity contribution in [2.75, 3.05) is 13.1 Å². The zero-order chi connectivity index (χ0) is 23.4. The number of aryl methyl sites for hydroxylation is 1. The Morgan fingerprint density at radius 3 is 2.72 bits per heavy atom. The first-order valence-corrected chi connectivity index (χ1v) is 11.3. The lowest BCUT2D eigenvalue weighted by atomic mass is 9.96. The highest BCUT2D eigenvalue weighted by Gasteiger charge is 2.32. The normalized spacial score (nSPS) is 16.2. The highest BCUT2D eigenvalue weighted by Crippen LogP contribution is 2.24. The SMILES string of the molecule is Cc1[nH]c(C(=O)N2CCC[C@H](C(=O)NCc3cccc(Cl)c3)C2)c(C)c1C(=O)OC(C)C. The van der Waals surface area contributed by atoms with Crippen LogP contribution in [-0.2, 0) is 16.1 Å². The number of esters is 1. The first kappa shape index (κ1) is 23.9. The van der Waals surface area contributed by atoms with Gasteiger partial charge in [-0.15, -0.1) is 0 Å². The summed E-state index contributed by atoms with van der Waals surface area (Å²) in [6.07, 6.45) is 1.21. The number of nitrogens with zero attached hydrogens (tertiary/aromatic N) is 1. The molecule has 0 saturated carbocycles. The molecular weight excluding hydrogens is 430 g/mol. The number of carbonyl (C=O) groups excluding carboxylic acids is 3. The second kappa shape index (κ2) is 10.2. The third-order valence-electron chi connectivity index (χ3n) is 5.63. The summed E-state index contributed by atoms with van der Waals surface area (Å²) >= 11 is 6.00. The number of halogens is 1. The van der Waals surface area contributed by atoms with Crippen molar-refractivity contribution in [3.05, 3.63) is 57.4 Å². The molecule has 8 heteroatoms. The monoisotopic (exact) mass is 459 g/mol. The zero-order valence-corrected chi connectivity index (χ0v) is 19.7. The quantitative estimate of drug-likeness (QED) is 0.638. The summed E-state index contributed by atoms with van der Waals surface area (Å²) in [6, 6.07) is 7.35. The van der Waals surface area contributed by atoms with Crippen LogP contribution in [0.4, 0.5) is 0 Å². The Kier molecular flexibility index (Phi) is 7.61. The molecule has 2 heterocycles. The van der Waals surface area contributed by atoms with Crippen molar-refractivity contribution in [1.29, 1.82) is 0 Å². The number of aromatic nitrogens is 1. The number of hydrogen-bond acceptors (Lipinski definition) is 4. The number of aromatic amines is 1.